The highest BCUT2D eigenvalue weighted by Crippen LogP contribution is 2.47. The summed E-state index contributed by atoms with van der Waals surface area (Å²) in [5.41, 5.74) is 6.21. The first kappa shape index (κ1) is 19.4. The predicted octanol–water partition coefficient (Wildman–Crippen LogP) is 4.98. The van der Waals surface area contributed by atoms with Crippen LogP contribution in [0.5, 0.6) is 0 Å². The third-order valence-corrected chi connectivity index (χ3v) is 5.52. The molecular formula is C24H27N3O2. The number of hydrogen-bond acceptors (Lipinski definition) is 3. The minimum atomic E-state index is -0.527. The van der Waals surface area contributed by atoms with Gasteiger partial charge in [0.05, 0.1) is 11.6 Å². The van der Waals surface area contributed by atoms with Crippen LogP contribution >= 0.6 is 0 Å². The number of aliphatic hydroxyl groups is 1. The maximum atomic E-state index is 12.4. The van der Waals surface area contributed by atoms with Crippen molar-refractivity contribution >= 4 is 22.6 Å². The summed E-state index contributed by atoms with van der Waals surface area (Å²) in [7, 11) is 0. The van der Waals surface area contributed by atoms with Crippen LogP contribution in [0.3, 0.4) is 0 Å². The predicted molar refractivity (Wildman–Crippen MR) is 117 cm³/mol. The lowest BCUT2D eigenvalue weighted by molar-refractivity contribution is 0.168. The van der Waals surface area contributed by atoms with E-state index in [0.717, 1.165) is 46.3 Å². The van der Waals surface area contributed by atoms with Crippen molar-refractivity contribution in [3.63, 3.8) is 0 Å². The molecule has 29 heavy (non-hydrogen) atoms. The zero-order valence-electron chi connectivity index (χ0n) is 16.9. The SMILES string of the molecule is CCC(O)CNC(=O)Nc1ccc2nc(C)c(-c3ccccc3)cc2c1C1CC1. The quantitative estimate of drug-likeness (QED) is 0.557. The number of urea groups is 1. The Balaban J connectivity index is 1.72. The summed E-state index contributed by atoms with van der Waals surface area (Å²) in [6, 6.07) is 16.1. The molecule has 1 saturated carbocycles. The topological polar surface area (TPSA) is 74.2 Å². The Labute approximate surface area is 171 Å². The molecule has 1 aromatic heterocycles. The Hall–Kier alpha value is -2.92. The first-order valence-electron chi connectivity index (χ1n) is 10.3. The van der Waals surface area contributed by atoms with Gasteiger partial charge in [-0.05, 0) is 61.4 Å². The molecule has 1 aliphatic carbocycles. The van der Waals surface area contributed by atoms with Gasteiger partial charge >= 0.3 is 6.03 Å². The van der Waals surface area contributed by atoms with Crippen LogP contribution in [0, 0.1) is 6.92 Å². The van der Waals surface area contributed by atoms with Crippen LogP contribution < -0.4 is 10.6 Å². The number of hydrogen-bond donors (Lipinski definition) is 3. The molecule has 1 aliphatic rings. The summed E-state index contributed by atoms with van der Waals surface area (Å²) in [6.45, 7) is 4.17. The Morgan fingerprint density at radius 2 is 1.97 bits per heavy atom. The number of aliphatic hydroxyl groups excluding tert-OH is 1. The van der Waals surface area contributed by atoms with Gasteiger partial charge in [-0.25, -0.2) is 4.79 Å². The molecule has 3 aromatic rings. The van der Waals surface area contributed by atoms with Crippen molar-refractivity contribution in [2.45, 2.75) is 45.1 Å². The average molecular weight is 389 g/mol. The fourth-order valence-corrected chi connectivity index (χ4v) is 3.72. The Morgan fingerprint density at radius 1 is 1.21 bits per heavy atom. The van der Waals surface area contributed by atoms with E-state index < -0.39 is 6.10 Å². The van der Waals surface area contributed by atoms with Crippen LogP contribution in [-0.2, 0) is 0 Å². The number of aryl methyl sites for hydroxylation is 1. The summed E-state index contributed by atoms with van der Waals surface area (Å²) in [6.07, 6.45) is 2.33. The lowest BCUT2D eigenvalue weighted by atomic mass is 9.96. The van der Waals surface area contributed by atoms with E-state index in [1.54, 1.807) is 0 Å². The number of carbonyl (C=O) groups excluding carboxylic acids is 1. The second-order valence-corrected chi connectivity index (χ2v) is 7.75. The molecule has 1 unspecified atom stereocenters. The van der Waals surface area contributed by atoms with Crippen LogP contribution in [0.2, 0.25) is 0 Å². The molecule has 1 heterocycles. The van der Waals surface area contributed by atoms with Gasteiger partial charge in [0.2, 0.25) is 0 Å². The molecular weight excluding hydrogens is 362 g/mol. The van der Waals surface area contributed by atoms with E-state index in [4.69, 9.17) is 4.98 Å². The van der Waals surface area contributed by atoms with Gasteiger partial charge in [-0.3, -0.25) is 4.98 Å². The molecule has 1 atom stereocenters. The lowest BCUT2D eigenvalue weighted by Gasteiger charge is -2.17. The van der Waals surface area contributed by atoms with Crippen LogP contribution in [0.25, 0.3) is 22.0 Å². The fourth-order valence-electron chi connectivity index (χ4n) is 3.72. The van der Waals surface area contributed by atoms with Crippen molar-refractivity contribution in [3.8, 4) is 11.1 Å². The third kappa shape index (κ3) is 4.25. The largest absolute Gasteiger partial charge is 0.391 e. The second kappa shape index (κ2) is 8.21. The van der Waals surface area contributed by atoms with Gasteiger partial charge in [0.25, 0.3) is 0 Å². The van der Waals surface area contributed by atoms with E-state index in [0.29, 0.717) is 12.3 Å². The van der Waals surface area contributed by atoms with Gasteiger partial charge < -0.3 is 15.7 Å². The number of anilines is 1. The summed E-state index contributed by atoms with van der Waals surface area (Å²) in [5, 5.41) is 16.5. The minimum absolute atomic E-state index is 0.244. The van der Waals surface area contributed by atoms with Gasteiger partial charge in [-0.2, -0.15) is 0 Å². The molecule has 5 heteroatoms. The van der Waals surface area contributed by atoms with E-state index >= 15 is 0 Å². The lowest BCUT2D eigenvalue weighted by Crippen LogP contribution is -2.35. The van der Waals surface area contributed by atoms with Crippen LogP contribution in [0.4, 0.5) is 10.5 Å². The van der Waals surface area contributed by atoms with Gasteiger partial charge in [0.15, 0.2) is 0 Å². The summed E-state index contributed by atoms with van der Waals surface area (Å²) in [4.78, 5) is 17.2. The van der Waals surface area contributed by atoms with Crippen molar-refractivity contribution < 1.29 is 9.90 Å². The zero-order valence-corrected chi connectivity index (χ0v) is 16.9. The molecule has 0 saturated heterocycles. The number of benzene rings is 2. The highest BCUT2D eigenvalue weighted by molar-refractivity contribution is 5.97. The van der Waals surface area contributed by atoms with Crippen molar-refractivity contribution in [1.82, 2.24) is 10.3 Å². The molecule has 0 radical (unpaired) electrons. The molecule has 1 fully saturated rings. The minimum Gasteiger partial charge on any atom is -0.391 e. The average Bonchev–Trinajstić information content (AvgIpc) is 3.57. The first-order chi connectivity index (χ1) is 14.1. The smallest absolute Gasteiger partial charge is 0.319 e. The van der Waals surface area contributed by atoms with Crippen LogP contribution in [-0.4, -0.2) is 28.8 Å². The first-order valence-corrected chi connectivity index (χ1v) is 10.3. The maximum Gasteiger partial charge on any atom is 0.319 e. The monoisotopic (exact) mass is 389 g/mol. The molecule has 0 spiro atoms. The van der Waals surface area contributed by atoms with Crippen LogP contribution in [0.15, 0.2) is 48.5 Å². The molecule has 2 aromatic carbocycles. The Morgan fingerprint density at radius 3 is 2.66 bits per heavy atom. The van der Waals surface area contributed by atoms with Gasteiger partial charge in [0.1, 0.15) is 0 Å². The highest BCUT2D eigenvalue weighted by atomic mass is 16.3. The van der Waals surface area contributed by atoms with E-state index in [-0.39, 0.29) is 12.6 Å². The number of fused-ring (bicyclic) bond motifs is 1. The number of nitrogens with zero attached hydrogens (tertiary/aromatic N) is 1. The zero-order chi connectivity index (χ0) is 20.4. The Bertz CT molecular complexity index is 1030. The van der Waals surface area contributed by atoms with E-state index in [1.165, 1.54) is 5.56 Å². The fraction of sp³-hybridized carbons (Fsp3) is 0.333. The highest BCUT2D eigenvalue weighted by Gasteiger charge is 2.29. The van der Waals surface area contributed by atoms with Crippen molar-refractivity contribution in [2.75, 3.05) is 11.9 Å². The molecule has 150 valence electrons. The third-order valence-electron chi connectivity index (χ3n) is 5.52. The van der Waals surface area contributed by atoms with Crippen molar-refractivity contribution in [2.24, 2.45) is 0 Å². The van der Waals surface area contributed by atoms with E-state index in [9.17, 15) is 9.90 Å². The summed E-state index contributed by atoms with van der Waals surface area (Å²) in [5.74, 6) is 0.448. The number of aromatic nitrogens is 1. The van der Waals surface area contributed by atoms with Crippen molar-refractivity contribution in [3.05, 3.63) is 59.8 Å². The molecule has 0 bridgehead atoms. The molecule has 5 nitrogen and oxygen atoms in total. The van der Waals surface area contributed by atoms with Gasteiger partial charge in [0, 0.05) is 28.9 Å². The van der Waals surface area contributed by atoms with Gasteiger partial charge in [-0.1, -0.05) is 37.3 Å². The molecule has 4 rings (SSSR count). The normalized spacial score (nSPS) is 14.6. The number of nitrogens with one attached hydrogen (secondary N) is 2. The molecule has 2 amide bonds. The van der Waals surface area contributed by atoms with E-state index in [2.05, 4.69) is 28.8 Å². The standard InChI is InChI=1S/C24H27N3O2/c1-3-18(28)14-25-24(29)27-22-12-11-21-20(23(22)17-9-10-17)13-19(15(2)26-21)16-7-5-4-6-8-16/h4-8,11-13,17-18,28H,3,9-10,14H2,1-2H3,(H2,25,27,29). The van der Waals surface area contributed by atoms with Crippen molar-refractivity contribution in [1.29, 1.82) is 0 Å². The molecule has 3 N–H and O–H groups in total. The maximum absolute atomic E-state index is 12.4. The number of pyridine rings is 1. The van der Waals surface area contributed by atoms with E-state index in [1.807, 2.05) is 44.2 Å². The van der Waals surface area contributed by atoms with Gasteiger partial charge in [-0.15, -0.1) is 0 Å². The summed E-state index contributed by atoms with van der Waals surface area (Å²) >= 11 is 0. The number of carbonyl (C=O) groups is 1. The second-order valence-electron chi connectivity index (χ2n) is 7.75. The number of amides is 2. The number of rotatable bonds is 6. The Kier molecular flexibility index (Phi) is 5.49. The molecule has 0 aliphatic heterocycles. The summed E-state index contributed by atoms with van der Waals surface area (Å²) < 4.78 is 0. The van der Waals surface area contributed by atoms with Crippen LogP contribution in [0.1, 0.15) is 43.4 Å².